The number of carbonyl (C=O) groups is 3. The van der Waals surface area contributed by atoms with Crippen molar-refractivity contribution in [2.45, 2.75) is 18.9 Å². The second-order valence-corrected chi connectivity index (χ2v) is 9.02. The zero-order valence-electron chi connectivity index (χ0n) is 20.8. The first kappa shape index (κ1) is 24.8. The van der Waals surface area contributed by atoms with Crippen molar-refractivity contribution in [3.05, 3.63) is 120 Å². The van der Waals surface area contributed by atoms with E-state index in [2.05, 4.69) is 10.6 Å². The van der Waals surface area contributed by atoms with Crippen molar-refractivity contribution in [1.82, 2.24) is 0 Å². The van der Waals surface area contributed by atoms with E-state index in [1.54, 1.807) is 37.3 Å². The summed E-state index contributed by atoms with van der Waals surface area (Å²) in [7, 11) is 0. The van der Waals surface area contributed by atoms with Gasteiger partial charge >= 0.3 is 0 Å². The van der Waals surface area contributed by atoms with Gasteiger partial charge in [-0.15, -0.1) is 0 Å². The molecule has 0 spiro atoms. The minimum atomic E-state index is -0.743. The van der Waals surface area contributed by atoms with Gasteiger partial charge in [-0.1, -0.05) is 78.9 Å². The van der Waals surface area contributed by atoms with Crippen molar-refractivity contribution in [1.29, 1.82) is 0 Å². The highest BCUT2D eigenvalue weighted by Crippen LogP contribution is 2.37. The summed E-state index contributed by atoms with van der Waals surface area (Å²) in [6.07, 6.45) is -0.743. The predicted molar refractivity (Wildman–Crippen MR) is 147 cm³/mol. The molecule has 7 heteroatoms. The topological polar surface area (TPSA) is 87.7 Å². The first-order valence-electron chi connectivity index (χ1n) is 12.4. The number of carbonyl (C=O) groups excluding carboxylic acids is 3. The molecule has 190 valence electrons. The second kappa shape index (κ2) is 11.0. The van der Waals surface area contributed by atoms with Gasteiger partial charge in [-0.05, 0) is 48.4 Å². The zero-order valence-corrected chi connectivity index (χ0v) is 20.8. The van der Waals surface area contributed by atoms with Gasteiger partial charge in [0.15, 0.2) is 6.10 Å². The Labute approximate surface area is 221 Å². The Morgan fingerprint density at radius 3 is 1.97 bits per heavy atom. The van der Waals surface area contributed by atoms with Gasteiger partial charge in [0.2, 0.25) is 11.8 Å². The lowest BCUT2D eigenvalue weighted by atomic mass is 9.90. The molecule has 7 nitrogen and oxygen atoms in total. The van der Waals surface area contributed by atoms with E-state index >= 15 is 0 Å². The lowest BCUT2D eigenvalue weighted by molar-refractivity contribution is -0.127. The second-order valence-electron chi connectivity index (χ2n) is 9.02. The van der Waals surface area contributed by atoms with Gasteiger partial charge in [-0.25, -0.2) is 0 Å². The van der Waals surface area contributed by atoms with Crippen LogP contribution in [-0.4, -0.2) is 30.4 Å². The molecule has 1 heterocycles. The fraction of sp³-hybridized carbons (Fsp3) is 0.129. The van der Waals surface area contributed by atoms with E-state index in [-0.39, 0.29) is 24.3 Å². The number of nitrogens with one attached hydrogen (secondary N) is 2. The Morgan fingerprint density at radius 2 is 1.37 bits per heavy atom. The Bertz CT molecular complexity index is 1400. The monoisotopic (exact) mass is 505 g/mol. The summed E-state index contributed by atoms with van der Waals surface area (Å²) in [6.45, 7) is 1.45. The van der Waals surface area contributed by atoms with Crippen LogP contribution in [0.3, 0.4) is 0 Å². The average Bonchev–Trinajstić information content (AvgIpc) is 2.93. The van der Waals surface area contributed by atoms with Crippen molar-refractivity contribution < 1.29 is 19.1 Å². The molecule has 1 aliphatic rings. The molecule has 2 N–H and O–H groups in total. The smallest absolute Gasteiger partial charge is 0.268 e. The number of hydrogen-bond acceptors (Lipinski definition) is 4. The van der Waals surface area contributed by atoms with E-state index < -0.39 is 12.0 Å². The van der Waals surface area contributed by atoms with E-state index in [1.807, 2.05) is 78.9 Å². The molecule has 0 radical (unpaired) electrons. The van der Waals surface area contributed by atoms with Gasteiger partial charge in [0.25, 0.3) is 5.91 Å². The molecule has 1 atom stereocenters. The summed E-state index contributed by atoms with van der Waals surface area (Å²) in [6, 6.07) is 33.3. The molecule has 0 aromatic heterocycles. The van der Waals surface area contributed by atoms with Crippen molar-refractivity contribution in [2.75, 3.05) is 22.1 Å². The molecule has 4 aromatic rings. The maximum atomic E-state index is 13.6. The average molecular weight is 506 g/mol. The number of benzene rings is 4. The minimum absolute atomic E-state index is 0.192. The summed E-state index contributed by atoms with van der Waals surface area (Å²) < 4.78 is 5.78. The molecule has 1 unspecified atom stereocenters. The Kier molecular flexibility index (Phi) is 7.17. The highest BCUT2D eigenvalue weighted by Gasteiger charge is 2.33. The van der Waals surface area contributed by atoms with E-state index in [9.17, 15) is 14.4 Å². The van der Waals surface area contributed by atoms with Crippen LogP contribution in [-0.2, 0) is 14.4 Å². The third-order valence-corrected chi connectivity index (χ3v) is 6.32. The molecule has 5 rings (SSSR count). The zero-order chi connectivity index (χ0) is 26.5. The summed E-state index contributed by atoms with van der Waals surface area (Å²) in [5.41, 5.74) is 3.27. The third-order valence-electron chi connectivity index (χ3n) is 6.32. The van der Waals surface area contributed by atoms with Gasteiger partial charge in [-0.3, -0.25) is 19.3 Å². The normalized spacial score (nSPS) is 14.4. The SMILES string of the molecule is CC1Oc2ccc(NC(=O)C(c3ccccc3)c3ccccc3)cc2N(CC(=O)Nc2ccccc2)C1=O. The largest absolute Gasteiger partial charge is 0.479 e. The predicted octanol–water partition coefficient (Wildman–Crippen LogP) is 5.21. The summed E-state index contributed by atoms with van der Waals surface area (Å²) in [5.74, 6) is -0.959. The maximum absolute atomic E-state index is 13.6. The third kappa shape index (κ3) is 5.42. The van der Waals surface area contributed by atoms with Gasteiger partial charge in [-0.2, -0.15) is 0 Å². The van der Waals surface area contributed by atoms with E-state index in [0.717, 1.165) is 11.1 Å². The van der Waals surface area contributed by atoms with Gasteiger partial charge in [0.1, 0.15) is 12.3 Å². The van der Waals surface area contributed by atoms with Crippen molar-refractivity contribution in [2.24, 2.45) is 0 Å². The number of fused-ring (bicyclic) bond motifs is 1. The van der Waals surface area contributed by atoms with Crippen molar-refractivity contribution >= 4 is 34.8 Å². The van der Waals surface area contributed by atoms with Crippen LogP contribution in [0.5, 0.6) is 5.75 Å². The number of para-hydroxylation sites is 1. The molecule has 0 fully saturated rings. The molecule has 1 aliphatic heterocycles. The number of nitrogens with zero attached hydrogens (tertiary/aromatic N) is 1. The van der Waals surface area contributed by atoms with Crippen LogP contribution >= 0.6 is 0 Å². The van der Waals surface area contributed by atoms with Crippen LogP contribution in [0, 0.1) is 0 Å². The molecular weight excluding hydrogens is 478 g/mol. The Hall–Kier alpha value is -4.91. The van der Waals surface area contributed by atoms with Crippen molar-refractivity contribution in [3.8, 4) is 5.75 Å². The minimum Gasteiger partial charge on any atom is -0.479 e. The molecule has 0 saturated carbocycles. The number of ether oxygens (including phenoxy) is 1. The highest BCUT2D eigenvalue weighted by molar-refractivity contribution is 6.07. The lowest BCUT2D eigenvalue weighted by Crippen LogP contribution is -2.47. The molecular formula is C31H27N3O4. The highest BCUT2D eigenvalue weighted by atomic mass is 16.5. The van der Waals surface area contributed by atoms with Crippen molar-refractivity contribution in [3.63, 3.8) is 0 Å². The number of amides is 3. The van der Waals surface area contributed by atoms with E-state index in [0.29, 0.717) is 22.8 Å². The van der Waals surface area contributed by atoms with Crippen LogP contribution in [0.15, 0.2) is 109 Å². The van der Waals surface area contributed by atoms with E-state index in [1.165, 1.54) is 4.90 Å². The molecule has 3 amide bonds. The lowest BCUT2D eigenvalue weighted by Gasteiger charge is -2.33. The van der Waals surface area contributed by atoms with Crippen LogP contribution in [0.4, 0.5) is 17.1 Å². The standard InChI is InChI=1S/C31H27N3O4/c1-21-31(37)34(20-28(35)32-24-15-9-4-10-16-24)26-19-25(17-18-27(26)38-21)33-30(36)29(22-11-5-2-6-12-22)23-13-7-3-8-14-23/h2-19,21,29H,20H2,1H3,(H,32,35)(H,33,36). The Balaban J connectivity index is 1.41. The maximum Gasteiger partial charge on any atom is 0.268 e. The van der Waals surface area contributed by atoms with Gasteiger partial charge in [0.05, 0.1) is 11.6 Å². The van der Waals surface area contributed by atoms with Crippen LogP contribution < -0.4 is 20.3 Å². The number of anilines is 3. The summed E-state index contributed by atoms with van der Waals surface area (Å²) in [5, 5.41) is 5.81. The summed E-state index contributed by atoms with van der Waals surface area (Å²) in [4.78, 5) is 40.8. The fourth-order valence-corrected chi connectivity index (χ4v) is 4.51. The van der Waals surface area contributed by atoms with E-state index in [4.69, 9.17) is 4.74 Å². The molecule has 0 bridgehead atoms. The number of rotatable bonds is 7. The first-order valence-corrected chi connectivity index (χ1v) is 12.4. The number of hydrogen-bond donors (Lipinski definition) is 2. The quantitative estimate of drug-likeness (QED) is 0.361. The van der Waals surface area contributed by atoms with Crippen LogP contribution in [0.2, 0.25) is 0 Å². The molecule has 0 saturated heterocycles. The fourth-order valence-electron chi connectivity index (χ4n) is 4.51. The molecule has 38 heavy (non-hydrogen) atoms. The van der Waals surface area contributed by atoms with Crippen LogP contribution in [0.25, 0.3) is 0 Å². The Morgan fingerprint density at radius 1 is 0.789 bits per heavy atom. The van der Waals surface area contributed by atoms with Gasteiger partial charge in [0, 0.05) is 11.4 Å². The molecule has 0 aliphatic carbocycles. The summed E-state index contributed by atoms with van der Waals surface area (Å²) >= 11 is 0. The van der Waals surface area contributed by atoms with Crippen LogP contribution in [0.1, 0.15) is 24.0 Å². The molecule has 4 aromatic carbocycles. The first-order chi connectivity index (χ1) is 18.5. The van der Waals surface area contributed by atoms with Gasteiger partial charge < -0.3 is 15.4 Å².